The Labute approximate surface area is 172 Å². The summed E-state index contributed by atoms with van der Waals surface area (Å²) in [5.74, 6) is -4.94. The Morgan fingerprint density at radius 3 is 1.81 bits per heavy atom. The van der Waals surface area contributed by atoms with Crippen LogP contribution < -0.4 is 19.9 Å². The third-order valence-electron chi connectivity index (χ3n) is 4.36. The zero-order chi connectivity index (χ0) is 24.0. The topological polar surface area (TPSA) is 53.7 Å². The van der Waals surface area contributed by atoms with Gasteiger partial charge in [0.25, 0.3) is 0 Å². The molecular weight excluding hydrogens is 449 g/mol. The van der Waals surface area contributed by atoms with Crippen LogP contribution in [-0.2, 0) is 6.42 Å². The molecule has 0 aliphatic rings. The molecule has 31 heavy (non-hydrogen) atoms. The fraction of sp³-hybridized carbons (Fsp3) is 0.667. The van der Waals surface area contributed by atoms with Gasteiger partial charge in [-0.2, -0.15) is 0 Å². The van der Waals surface area contributed by atoms with Crippen LogP contribution in [0.2, 0.25) is 0 Å². The van der Waals surface area contributed by atoms with Gasteiger partial charge in [0.05, 0.1) is 0 Å². The van der Waals surface area contributed by atoms with Crippen LogP contribution in [0.1, 0.15) is 38.7 Å². The molecule has 180 valence electrons. The number of alkyl halides is 9. The molecule has 0 aliphatic heterocycles. The molecule has 1 aromatic carbocycles. The molecule has 0 radical (unpaired) electrons. The second kappa shape index (κ2) is 10.5. The van der Waals surface area contributed by atoms with E-state index in [1.165, 1.54) is 0 Å². The lowest BCUT2D eigenvalue weighted by Gasteiger charge is -2.23. The fourth-order valence-electron chi connectivity index (χ4n) is 2.94. The van der Waals surface area contributed by atoms with E-state index < -0.39 is 41.9 Å². The van der Waals surface area contributed by atoms with Gasteiger partial charge in [0, 0.05) is 0 Å². The lowest BCUT2D eigenvalue weighted by Crippen LogP contribution is -2.24. The van der Waals surface area contributed by atoms with Crippen LogP contribution in [-0.4, -0.2) is 25.6 Å². The quantitative estimate of drug-likeness (QED) is 0.406. The van der Waals surface area contributed by atoms with Gasteiger partial charge in [0.1, 0.15) is 0 Å². The second-order valence-electron chi connectivity index (χ2n) is 6.91. The summed E-state index contributed by atoms with van der Waals surface area (Å²) in [6, 6.07) is 1.24. The summed E-state index contributed by atoms with van der Waals surface area (Å²) >= 11 is 0. The number of nitrogens with two attached hydrogens (primary N) is 1. The number of rotatable bonds is 10. The third kappa shape index (κ3) is 10.2. The van der Waals surface area contributed by atoms with E-state index in [0.717, 1.165) is 6.07 Å². The first-order chi connectivity index (χ1) is 14.0. The number of halogens is 9. The molecule has 0 bridgehead atoms. The van der Waals surface area contributed by atoms with E-state index in [1.54, 1.807) is 0 Å². The van der Waals surface area contributed by atoms with E-state index in [2.05, 4.69) is 14.2 Å². The summed E-state index contributed by atoms with van der Waals surface area (Å²) in [7, 11) is 0. The molecule has 4 nitrogen and oxygen atoms in total. The maximum absolute atomic E-state index is 12.9. The number of benzene rings is 1. The number of hydrogen-bond donors (Lipinski definition) is 1. The van der Waals surface area contributed by atoms with Crippen molar-refractivity contribution in [3.05, 3.63) is 17.7 Å². The summed E-state index contributed by atoms with van der Waals surface area (Å²) in [4.78, 5) is 0. The van der Waals surface area contributed by atoms with Crippen LogP contribution in [0.3, 0.4) is 0 Å². The Hall–Kier alpha value is -2.05. The summed E-state index contributed by atoms with van der Waals surface area (Å²) in [6.07, 6.45) is -15.3. The molecule has 0 heterocycles. The molecule has 0 amide bonds. The molecule has 0 saturated heterocycles. The van der Waals surface area contributed by atoms with Crippen LogP contribution in [0.15, 0.2) is 12.1 Å². The summed E-state index contributed by atoms with van der Waals surface area (Å²) in [6.45, 7) is 4.05. The van der Waals surface area contributed by atoms with E-state index >= 15 is 0 Å². The predicted octanol–water partition coefficient (Wildman–Crippen LogP) is 6.33. The van der Waals surface area contributed by atoms with Crippen LogP contribution in [0.5, 0.6) is 17.2 Å². The number of ether oxygens (including phenoxy) is 3. The van der Waals surface area contributed by atoms with Crippen molar-refractivity contribution in [2.45, 2.75) is 58.6 Å². The molecule has 2 atom stereocenters. The second-order valence-corrected chi connectivity index (χ2v) is 6.91. The molecule has 0 spiro atoms. The predicted molar refractivity (Wildman–Crippen MR) is 91.4 cm³/mol. The standard InChI is InChI=1S/C18H22F9NO3/c1-3-11(8-10(2)9-28)4-5-12-6-7-13(29-16(19,20)21)15(31-18(25,26)27)14(12)30-17(22,23)24/h6-7,10-11H,3-5,8-9,28H2,1-2H3. The van der Waals surface area contributed by atoms with Crippen molar-refractivity contribution in [2.75, 3.05) is 6.54 Å². The van der Waals surface area contributed by atoms with Crippen LogP contribution in [0.4, 0.5) is 39.5 Å². The highest BCUT2D eigenvalue weighted by Crippen LogP contribution is 2.47. The highest BCUT2D eigenvalue weighted by atomic mass is 19.4. The van der Waals surface area contributed by atoms with Crippen LogP contribution in [0.25, 0.3) is 0 Å². The SMILES string of the molecule is CCC(CCc1ccc(OC(F)(F)F)c(OC(F)(F)F)c1OC(F)(F)F)CC(C)CN. The minimum absolute atomic E-state index is 0.0321. The van der Waals surface area contributed by atoms with Gasteiger partial charge in [-0.3, -0.25) is 0 Å². The molecule has 1 rings (SSSR count). The van der Waals surface area contributed by atoms with Crippen molar-refractivity contribution in [1.82, 2.24) is 0 Å². The molecule has 1 aromatic rings. The number of hydrogen-bond acceptors (Lipinski definition) is 4. The van der Waals surface area contributed by atoms with Gasteiger partial charge in [0.2, 0.25) is 5.75 Å². The Morgan fingerprint density at radius 2 is 1.35 bits per heavy atom. The average molecular weight is 471 g/mol. The Balaban J connectivity index is 3.40. The third-order valence-corrected chi connectivity index (χ3v) is 4.36. The first kappa shape index (κ1) is 27.0. The molecule has 0 fully saturated rings. The Bertz CT molecular complexity index is 702. The largest absolute Gasteiger partial charge is 0.573 e. The molecule has 0 saturated carbocycles. The van der Waals surface area contributed by atoms with E-state index in [0.29, 0.717) is 25.5 Å². The van der Waals surface area contributed by atoms with Gasteiger partial charge in [0.15, 0.2) is 11.5 Å². The van der Waals surface area contributed by atoms with E-state index in [-0.39, 0.29) is 24.7 Å². The normalized spacial score (nSPS) is 14.8. The van der Waals surface area contributed by atoms with Gasteiger partial charge in [-0.25, -0.2) is 0 Å². The van der Waals surface area contributed by atoms with Crippen molar-refractivity contribution in [3.8, 4) is 17.2 Å². The Morgan fingerprint density at radius 1 is 0.839 bits per heavy atom. The first-order valence-electron chi connectivity index (χ1n) is 9.17. The van der Waals surface area contributed by atoms with Gasteiger partial charge in [-0.1, -0.05) is 26.3 Å². The monoisotopic (exact) mass is 471 g/mol. The maximum atomic E-state index is 12.9. The minimum Gasteiger partial charge on any atom is -0.402 e. The molecule has 2 unspecified atom stereocenters. The zero-order valence-corrected chi connectivity index (χ0v) is 16.5. The zero-order valence-electron chi connectivity index (χ0n) is 16.5. The summed E-state index contributed by atoms with van der Waals surface area (Å²) < 4.78 is 125. The highest BCUT2D eigenvalue weighted by molar-refractivity contribution is 5.56. The van der Waals surface area contributed by atoms with Crippen LogP contribution in [0, 0.1) is 11.8 Å². The lowest BCUT2D eigenvalue weighted by atomic mass is 9.88. The minimum atomic E-state index is -5.60. The van der Waals surface area contributed by atoms with Crippen LogP contribution >= 0.6 is 0 Å². The lowest BCUT2D eigenvalue weighted by molar-refractivity contribution is -0.293. The molecule has 0 aliphatic carbocycles. The summed E-state index contributed by atoms with van der Waals surface area (Å²) in [5, 5.41) is 0. The molecule has 13 heteroatoms. The van der Waals surface area contributed by atoms with Crippen molar-refractivity contribution < 1.29 is 53.7 Å². The van der Waals surface area contributed by atoms with Crippen molar-refractivity contribution in [2.24, 2.45) is 17.6 Å². The van der Waals surface area contributed by atoms with Crippen molar-refractivity contribution in [1.29, 1.82) is 0 Å². The average Bonchev–Trinajstić information content (AvgIpc) is 2.58. The van der Waals surface area contributed by atoms with Crippen molar-refractivity contribution in [3.63, 3.8) is 0 Å². The first-order valence-corrected chi connectivity index (χ1v) is 9.17. The van der Waals surface area contributed by atoms with E-state index in [1.807, 2.05) is 13.8 Å². The highest BCUT2D eigenvalue weighted by Gasteiger charge is 2.41. The van der Waals surface area contributed by atoms with E-state index in [4.69, 9.17) is 5.73 Å². The van der Waals surface area contributed by atoms with Gasteiger partial charge >= 0.3 is 19.1 Å². The fourth-order valence-corrected chi connectivity index (χ4v) is 2.94. The van der Waals surface area contributed by atoms with Gasteiger partial charge < -0.3 is 19.9 Å². The van der Waals surface area contributed by atoms with Gasteiger partial charge in [-0.05, 0) is 49.3 Å². The smallest absolute Gasteiger partial charge is 0.402 e. The summed E-state index contributed by atoms with van der Waals surface area (Å²) in [5.41, 5.74) is 5.14. The molecule has 0 aromatic heterocycles. The van der Waals surface area contributed by atoms with Gasteiger partial charge in [-0.15, -0.1) is 39.5 Å². The number of aryl methyl sites for hydroxylation is 1. The molecular formula is C18H22F9NO3. The van der Waals surface area contributed by atoms with Crippen molar-refractivity contribution >= 4 is 0 Å². The van der Waals surface area contributed by atoms with E-state index in [9.17, 15) is 39.5 Å². The molecule has 2 N–H and O–H groups in total. The maximum Gasteiger partial charge on any atom is 0.573 e. The Kier molecular flexibility index (Phi) is 9.15.